The van der Waals surface area contributed by atoms with Gasteiger partial charge in [0.2, 0.25) is 0 Å². The van der Waals surface area contributed by atoms with Crippen LogP contribution in [0.3, 0.4) is 0 Å². The number of nitrogens with one attached hydrogen (secondary N) is 1. The molecule has 0 aromatic rings. The van der Waals surface area contributed by atoms with Crippen LogP contribution in [0.15, 0.2) is 0 Å². The smallest absolute Gasteiger partial charge is 0.00697 e. The van der Waals surface area contributed by atoms with Crippen LogP contribution in [0.1, 0.15) is 60.3 Å². The lowest BCUT2D eigenvalue weighted by molar-refractivity contribution is 0.294. The van der Waals surface area contributed by atoms with Gasteiger partial charge in [-0.3, -0.25) is 0 Å². The molecule has 2 fully saturated rings. The van der Waals surface area contributed by atoms with Crippen molar-refractivity contribution in [3.8, 4) is 0 Å². The van der Waals surface area contributed by atoms with Crippen LogP contribution in [0, 0.1) is 22.7 Å². The fraction of sp³-hybridized carbons (Fsp3) is 1.00. The van der Waals surface area contributed by atoms with Crippen LogP contribution in [0.2, 0.25) is 0 Å². The van der Waals surface area contributed by atoms with Crippen molar-refractivity contribution in [1.29, 1.82) is 0 Å². The lowest BCUT2D eigenvalue weighted by Crippen LogP contribution is -2.35. The predicted octanol–water partition coefficient (Wildman–Crippen LogP) is 3.84. The molecular formula is C15H29N. The molecule has 1 heteroatoms. The normalized spacial score (nSPS) is 37.3. The van der Waals surface area contributed by atoms with Crippen LogP contribution in [-0.2, 0) is 0 Å². The second kappa shape index (κ2) is 4.01. The maximum atomic E-state index is 3.83. The molecule has 0 aromatic heterocycles. The van der Waals surface area contributed by atoms with E-state index in [1.165, 1.54) is 32.2 Å². The summed E-state index contributed by atoms with van der Waals surface area (Å²) in [4.78, 5) is 0. The summed E-state index contributed by atoms with van der Waals surface area (Å²) in [5, 5.41) is 3.83. The highest BCUT2D eigenvalue weighted by Gasteiger charge is 2.63. The topological polar surface area (TPSA) is 12.0 Å². The first-order valence-electron chi connectivity index (χ1n) is 7.09. The van der Waals surface area contributed by atoms with E-state index in [2.05, 4.69) is 39.9 Å². The highest BCUT2D eigenvalue weighted by Crippen LogP contribution is 2.67. The van der Waals surface area contributed by atoms with Gasteiger partial charge >= 0.3 is 0 Å². The van der Waals surface area contributed by atoms with E-state index in [0.29, 0.717) is 10.8 Å². The Morgan fingerprint density at radius 1 is 1.06 bits per heavy atom. The maximum Gasteiger partial charge on any atom is 0.00697 e. The Bertz CT molecular complexity index is 240. The Labute approximate surface area is 101 Å². The van der Waals surface area contributed by atoms with Gasteiger partial charge in [0.25, 0.3) is 0 Å². The highest BCUT2D eigenvalue weighted by atomic mass is 14.9. The minimum absolute atomic E-state index is 0.542. The molecule has 1 nitrogen and oxygen atoms in total. The quantitative estimate of drug-likeness (QED) is 0.766. The van der Waals surface area contributed by atoms with E-state index in [1.807, 2.05) is 0 Å². The second-order valence-electron chi connectivity index (χ2n) is 7.37. The van der Waals surface area contributed by atoms with Crippen LogP contribution in [0.25, 0.3) is 0 Å². The highest BCUT2D eigenvalue weighted by molar-refractivity contribution is 5.13. The molecule has 0 heterocycles. The molecule has 0 aliphatic heterocycles. The molecule has 2 rings (SSSR count). The number of hydrogen-bond donors (Lipinski definition) is 1. The van der Waals surface area contributed by atoms with Crippen LogP contribution in [0.5, 0.6) is 0 Å². The van der Waals surface area contributed by atoms with Crippen molar-refractivity contribution in [2.24, 2.45) is 22.7 Å². The molecule has 94 valence electrons. The monoisotopic (exact) mass is 223 g/mol. The van der Waals surface area contributed by atoms with E-state index in [-0.39, 0.29) is 0 Å². The lowest BCUT2D eigenvalue weighted by Gasteiger charge is -2.28. The Morgan fingerprint density at radius 2 is 1.69 bits per heavy atom. The first-order valence-corrected chi connectivity index (χ1v) is 7.09. The summed E-state index contributed by atoms with van der Waals surface area (Å²) >= 11 is 0. The first kappa shape index (κ1) is 12.4. The molecular weight excluding hydrogens is 194 g/mol. The van der Waals surface area contributed by atoms with Gasteiger partial charge in [-0.05, 0) is 42.1 Å². The van der Waals surface area contributed by atoms with Crippen molar-refractivity contribution >= 4 is 0 Å². The zero-order valence-electron chi connectivity index (χ0n) is 11.8. The molecule has 2 aliphatic carbocycles. The van der Waals surface area contributed by atoms with Gasteiger partial charge in [0, 0.05) is 6.04 Å². The van der Waals surface area contributed by atoms with Crippen LogP contribution < -0.4 is 5.32 Å². The fourth-order valence-electron chi connectivity index (χ4n) is 3.75. The van der Waals surface area contributed by atoms with Crippen LogP contribution in [0.4, 0.5) is 0 Å². The van der Waals surface area contributed by atoms with E-state index < -0.39 is 0 Å². The van der Waals surface area contributed by atoms with Crippen molar-refractivity contribution in [2.45, 2.75) is 66.3 Å². The van der Waals surface area contributed by atoms with Gasteiger partial charge in [-0.2, -0.15) is 0 Å². The minimum Gasteiger partial charge on any atom is -0.314 e. The molecule has 2 aliphatic rings. The Morgan fingerprint density at radius 3 is 2.19 bits per heavy atom. The van der Waals surface area contributed by atoms with E-state index in [4.69, 9.17) is 0 Å². The van der Waals surface area contributed by atoms with Gasteiger partial charge in [-0.15, -0.1) is 0 Å². The summed E-state index contributed by atoms with van der Waals surface area (Å²) in [6.45, 7) is 13.3. The molecule has 1 N–H and O–H groups in total. The summed E-state index contributed by atoms with van der Waals surface area (Å²) in [6, 6.07) is 0.802. The summed E-state index contributed by atoms with van der Waals surface area (Å²) in [6.07, 6.45) is 5.67. The summed E-state index contributed by atoms with van der Waals surface area (Å²) in [5.41, 5.74) is 1.08. The molecule has 2 unspecified atom stereocenters. The molecule has 2 saturated carbocycles. The zero-order valence-corrected chi connectivity index (χ0v) is 11.8. The second-order valence-corrected chi connectivity index (χ2v) is 7.37. The Balaban J connectivity index is 1.77. The van der Waals surface area contributed by atoms with Crippen LogP contribution >= 0.6 is 0 Å². The minimum atomic E-state index is 0.542. The summed E-state index contributed by atoms with van der Waals surface area (Å²) in [5.74, 6) is 1.81. The third-order valence-electron chi connectivity index (χ3n) is 5.87. The van der Waals surface area contributed by atoms with E-state index in [0.717, 1.165) is 17.9 Å². The third kappa shape index (κ3) is 2.03. The van der Waals surface area contributed by atoms with Crippen molar-refractivity contribution in [3.63, 3.8) is 0 Å². The SMILES string of the molecule is CC1CCCC(NCC2C(C)(C)C2(C)C)C1. The summed E-state index contributed by atoms with van der Waals surface area (Å²) < 4.78 is 0. The van der Waals surface area contributed by atoms with E-state index in [9.17, 15) is 0 Å². The standard InChI is InChI=1S/C15H29N/c1-11-7-6-8-12(9-11)16-10-13-14(2,3)15(13,4)5/h11-13,16H,6-10H2,1-5H3. The average Bonchev–Trinajstić information content (AvgIpc) is 2.55. The van der Waals surface area contributed by atoms with Gasteiger partial charge in [0.15, 0.2) is 0 Å². The van der Waals surface area contributed by atoms with E-state index >= 15 is 0 Å². The maximum absolute atomic E-state index is 3.83. The molecule has 0 aromatic carbocycles. The van der Waals surface area contributed by atoms with Gasteiger partial charge in [0.1, 0.15) is 0 Å². The molecule has 0 radical (unpaired) electrons. The van der Waals surface area contributed by atoms with Crippen molar-refractivity contribution in [2.75, 3.05) is 6.54 Å². The van der Waals surface area contributed by atoms with Gasteiger partial charge in [0.05, 0.1) is 0 Å². The van der Waals surface area contributed by atoms with Crippen molar-refractivity contribution < 1.29 is 0 Å². The largest absolute Gasteiger partial charge is 0.314 e. The zero-order chi connectivity index (χ0) is 12.0. The average molecular weight is 223 g/mol. The molecule has 16 heavy (non-hydrogen) atoms. The van der Waals surface area contributed by atoms with Crippen LogP contribution in [-0.4, -0.2) is 12.6 Å². The Hall–Kier alpha value is -0.0400. The third-order valence-corrected chi connectivity index (χ3v) is 5.87. The lowest BCUT2D eigenvalue weighted by atomic mass is 9.87. The van der Waals surface area contributed by atoms with Gasteiger partial charge < -0.3 is 5.32 Å². The van der Waals surface area contributed by atoms with Crippen molar-refractivity contribution in [1.82, 2.24) is 5.32 Å². The number of rotatable bonds is 3. The van der Waals surface area contributed by atoms with E-state index in [1.54, 1.807) is 0 Å². The molecule has 0 saturated heterocycles. The number of hydrogen-bond acceptors (Lipinski definition) is 1. The molecule has 2 atom stereocenters. The van der Waals surface area contributed by atoms with Gasteiger partial charge in [-0.25, -0.2) is 0 Å². The molecule has 0 amide bonds. The van der Waals surface area contributed by atoms with Gasteiger partial charge in [-0.1, -0.05) is 47.5 Å². The first-order chi connectivity index (χ1) is 7.35. The fourth-order valence-corrected chi connectivity index (χ4v) is 3.75. The molecule has 0 spiro atoms. The summed E-state index contributed by atoms with van der Waals surface area (Å²) in [7, 11) is 0. The van der Waals surface area contributed by atoms with Crippen molar-refractivity contribution in [3.05, 3.63) is 0 Å². The predicted molar refractivity (Wildman–Crippen MR) is 70.5 cm³/mol. The Kier molecular flexibility index (Phi) is 3.11. The molecule has 0 bridgehead atoms.